The van der Waals surface area contributed by atoms with Crippen molar-refractivity contribution in [2.75, 3.05) is 0 Å². The van der Waals surface area contributed by atoms with Crippen molar-refractivity contribution >= 4 is 5.78 Å². The van der Waals surface area contributed by atoms with Crippen LogP contribution >= 0.6 is 0 Å². The number of Topliss-reactive ketones (excluding diaryl/α,β-unsaturated/α-hetero) is 1. The highest BCUT2D eigenvalue weighted by Crippen LogP contribution is 2.13. The Morgan fingerprint density at radius 3 is 0.971 bits per heavy atom. The highest BCUT2D eigenvalue weighted by molar-refractivity contribution is 5.78. The molecule has 0 saturated carbocycles. The minimum Gasteiger partial charge on any atom is -0.300 e. The fourth-order valence-electron chi connectivity index (χ4n) is 4.73. The van der Waals surface area contributed by atoms with E-state index in [9.17, 15) is 4.79 Å². The quantitative estimate of drug-likeness (QED) is 0.0755. The van der Waals surface area contributed by atoms with Crippen molar-refractivity contribution < 1.29 is 4.79 Å². The summed E-state index contributed by atoms with van der Waals surface area (Å²) >= 11 is 0. The molecule has 0 aromatic heterocycles. The van der Waals surface area contributed by atoms with E-state index in [0.717, 1.165) is 25.7 Å². The van der Waals surface area contributed by atoms with Crippen molar-refractivity contribution in [2.24, 2.45) is 0 Å². The minimum atomic E-state index is 0.508. The Balaban J connectivity index is 3.23. The van der Waals surface area contributed by atoms with Crippen LogP contribution in [0.15, 0.2) is 24.3 Å². The SMILES string of the molecule is CCCCCCC=CCCCCCCCCC(=O)CCCCCCCCC=CCCCCCCC. The standard InChI is InChI=1S/C34H64O/c1-3-5-7-9-11-13-15-17-19-21-23-25-27-29-31-33-34(35)32-30-28-26-24-22-20-18-16-14-12-10-8-6-4-2/h14-17H,3-13,18-33H2,1-2H3. The smallest absolute Gasteiger partial charge is 0.132 e. The van der Waals surface area contributed by atoms with Crippen LogP contribution in [-0.4, -0.2) is 5.78 Å². The zero-order valence-corrected chi connectivity index (χ0v) is 24.3. The first-order valence-corrected chi connectivity index (χ1v) is 16.1. The number of hydrogen-bond acceptors (Lipinski definition) is 1. The first-order valence-electron chi connectivity index (χ1n) is 16.1. The van der Waals surface area contributed by atoms with E-state index in [0.29, 0.717) is 5.78 Å². The Kier molecular flexibility index (Phi) is 30.4. The maximum absolute atomic E-state index is 12.1. The second-order valence-corrected chi connectivity index (χ2v) is 10.9. The van der Waals surface area contributed by atoms with Crippen molar-refractivity contribution in [1.82, 2.24) is 0 Å². The Hall–Kier alpha value is -0.850. The molecule has 0 unspecified atom stereocenters. The van der Waals surface area contributed by atoms with Gasteiger partial charge in [-0.25, -0.2) is 0 Å². The van der Waals surface area contributed by atoms with E-state index in [1.807, 2.05) is 0 Å². The zero-order chi connectivity index (χ0) is 25.5. The minimum absolute atomic E-state index is 0.508. The number of rotatable bonds is 29. The molecule has 1 nitrogen and oxygen atoms in total. The number of allylic oxidation sites excluding steroid dienone is 4. The fraction of sp³-hybridized carbons (Fsp3) is 0.853. The van der Waals surface area contributed by atoms with Crippen LogP contribution in [0.3, 0.4) is 0 Å². The Morgan fingerprint density at radius 2 is 0.629 bits per heavy atom. The van der Waals surface area contributed by atoms with Gasteiger partial charge in [0.15, 0.2) is 0 Å². The zero-order valence-electron chi connectivity index (χ0n) is 24.3. The van der Waals surface area contributed by atoms with Gasteiger partial charge < -0.3 is 0 Å². The van der Waals surface area contributed by atoms with Crippen LogP contribution in [0.5, 0.6) is 0 Å². The number of ketones is 1. The number of hydrogen-bond donors (Lipinski definition) is 0. The molecule has 0 N–H and O–H groups in total. The van der Waals surface area contributed by atoms with E-state index in [1.54, 1.807) is 0 Å². The largest absolute Gasteiger partial charge is 0.300 e. The fourth-order valence-corrected chi connectivity index (χ4v) is 4.73. The lowest BCUT2D eigenvalue weighted by Crippen LogP contribution is -1.97. The summed E-state index contributed by atoms with van der Waals surface area (Å²) in [5.41, 5.74) is 0. The van der Waals surface area contributed by atoms with E-state index in [1.165, 1.54) is 148 Å². The van der Waals surface area contributed by atoms with E-state index in [2.05, 4.69) is 38.2 Å². The predicted octanol–water partition coefficient (Wildman–Crippen LogP) is 12.2. The third-order valence-electron chi connectivity index (χ3n) is 7.18. The topological polar surface area (TPSA) is 17.1 Å². The predicted molar refractivity (Wildman–Crippen MR) is 159 cm³/mol. The lowest BCUT2D eigenvalue weighted by molar-refractivity contribution is -0.119. The van der Waals surface area contributed by atoms with Crippen molar-refractivity contribution in [3.05, 3.63) is 24.3 Å². The lowest BCUT2D eigenvalue weighted by Gasteiger charge is -2.03. The molecule has 0 heterocycles. The van der Waals surface area contributed by atoms with Crippen LogP contribution < -0.4 is 0 Å². The van der Waals surface area contributed by atoms with Crippen molar-refractivity contribution in [1.29, 1.82) is 0 Å². The van der Waals surface area contributed by atoms with Crippen molar-refractivity contribution in [3.63, 3.8) is 0 Å². The lowest BCUT2D eigenvalue weighted by atomic mass is 10.0. The third-order valence-corrected chi connectivity index (χ3v) is 7.18. The molecule has 0 aliphatic heterocycles. The maximum atomic E-state index is 12.1. The molecule has 0 aliphatic rings. The summed E-state index contributed by atoms with van der Waals surface area (Å²) in [5, 5.41) is 0. The summed E-state index contributed by atoms with van der Waals surface area (Å²) in [4.78, 5) is 12.1. The second kappa shape index (κ2) is 31.2. The summed E-state index contributed by atoms with van der Waals surface area (Å²) in [6.07, 6.45) is 44.0. The van der Waals surface area contributed by atoms with E-state index >= 15 is 0 Å². The van der Waals surface area contributed by atoms with Gasteiger partial charge in [-0.2, -0.15) is 0 Å². The van der Waals surface area contributed by atoms with Gasteiger partial charge in [0.05, 0.1) is 0 Å². The first-order chi connectivity index (χ1) is 17.3. The highest BCUT2D eigenvalue weighted by Gasteiger charge is 2.02. The average molecular weight is 489 g/mol. The Morgan fingerprint density at radius 1 is 0.371 bits per heavy atom. The molecular formula is C34H64O. The van der Waals surface area contributed by atoms with Crippen LogP contribution in [0.25, 0.3) is 0 Å². The molecule has 35 heavy (non-hydrogen) atoms. The van der Waals surface area contributed by atoms with Gasteiger partial charge in [0.25, 0.3) is 0 Å². The molecule has 0 aliphatic carbocycles. The van der Waals surface area contributed by atoms with Crippen LogP contribution in [0.1, 0.15) is 187 Å². The number of unbranched alkanes of at least 4 members (excludes halogenated alkanes) is 21. The molecule has 0 radical (unpaired) electrons. The normalized spacial score (nSPS) is 11.8. The van der Waals surface area contributed by atoms with Gasteiger partial charge in [-0.3, -0.25) is 4.79 Å². The average Bonchev–Trinajstić information content (AvgIpc) is 2.86. The summed E-state index contributed by atoms with van der Waals surface area (Å²) in [6.45, 7) is 4.55. The Bertz CT molecular complexity index is 461. The molecule has 0 bridgehead atoms. The number of carbonyl (C=O) groups is 1. The van der Waals surface area contributed by atoms with Crippen LogP contribution in [0, 0.1) is 0 Å². The molecule has 0 rings (SSSR count). The Labute approximate surface area is 222 Å². The van der Waals surface area contributed by atoms with Gasteiger partial charge in [-0.1, -0.05) is 134 Å². The van der Waals surface area contributed by atoms with Crippen molar-refractivity contribution in [3.8, 4) is 0 Å². The number of carbonyl (C=O) groups excluding carboxylic acids is 1. The molecule has 0 aromatic rings. The van der Waals surface area contributed by atoms with Gasteiger partial charge in [0.1, 0.15) is 5.78 Å². The van der Waals surface area contributed by atoms with E-state index in [4.69, 9.17) is 0 Å². The molecule has 0 spiro atoms. The molecule has 0 atom stereocenters. The summed E-state index contributed by atoms with van der Waals surface area (Å²) in [7, 11) is 0. The van der Waals surface area contributed by atoms with Gasteiger partial charge in [-0.15, -0.1) is 0 Å². The molecule has 0 aromatic carbocycles. The van der Waals surface area contributed by atoms with Crippen molar-refractivity contribution in [2.45, 2.75) is 187 Å². The second-order valence-electron chi connectivity index (χ2n) is 10.9. The molecule has 206 valence electrons. The highest BCUT2D eigenvalue weighted by atomic mass is 16.1. The third kappa shape index (κ3) is 31.1. The van der Waals surface area contributed by atoms with E-state index < -0.39 is 0 Å². The van der Waals surface area contributed by atoms with Gasteiger partial charge in [0, 0.05) is 12.8 Å². The summed E-state index contributed by atoms with van der Waals surface area (Å²) in [5.74, 6) is 0.508. The molecule has 0 fully saturated rings. The van der Waals surface area contributed by atoms with Gasteiger partial charge >= 0.3 is 0 Å². The van der Waals surface area contributed by atoms with Crippen LogP contribution in [-0.2, 0) is 4.79 Å². The van der Waals surface area contributed by atoms with Crippen LogP contribution in [0.2, 0.25) is 0 Å². The molecular weight excluding hydrogens is 424 g/mol. The summed E-state index contributed by atoms with van der Waals surface area (Å²) in [6, 6.07) is 0. The molecule has 0 saturated heterocycles. The first kappa shape index (κ1) is 34.1. The maximum Gasteiger partial charge on any atom is 0.132 e. The van der Waals surface area contributed by atoms with Crippen LogP contribution in [0.4, 0.5) is 0 Å². The van der Waals surface area contributed by atoms with Gasteiger partial charge in [0.2, 0.25) is 0 Å². The molecule has 1 heteroatoms. The van der Waals surface area contributed by atoms with E-state index in [-0.39, 0.29) is 0 Å². The van der Waals surface area contributed by atoms with Gasteiger partial charge in [-0.05, 0) is 64.2 Å². The summed E-state index contributed by atoms with van der Waals surface area (Å²) < 4.78 is 0. The monoisotopic (exact) mass is 488 g/mol. The molecule has 0 amide bonds.